The number of benzene rings is 2. The Morgan fingerprint density at radius 3 is 0.711 bits per heavy atom. The van der Waals surface area contributed by atoms with Crippen molar-refractivity contribution in [1.29, 1.82) is 0 Å². The number of ether oxygens (including phenoxy) is 6. The summed E-state index contributed by atoms with van der Waals surface area (Å²) >= 11 is 0. The fourth-order valence-corrected chi connectivity index (χ4v) is 3.31. The van der Waals surface area contributed by atoms with Crippen molar-refractivity contribution in [3.05, 3.63) is 72.8 Å². The van der Waals surface area contributed by atoms with Crippen LogP contribution < -0.4 is 0 Å². The van der Waals surface area contributed by atoms with Crippen LogP contribution in [0.2, 0.25) is 0 Å². The molecule has 1 saturated heterocycles. The maximum atomic E-state index is 5.33. The average Bonchev–Trinajstić information content (AvgIpc) is 2.89. The van der Waals surface area contributed by atoms with Crippen molar-refractivity contribution in [2.75, 3.05) is 79.3 Å². The van der Waals surface area contributed by atoms with Crippen LogP contribution in [0, 0.1) is 0 Å². The molecule has 209 valence electrons. The molecule has 0 N–H and O–H groups in total. The molecule has 0 atom stereocenters. The van der Waals surface area contributed by atoms with Gasteiger partial charge in [-0.15, -0.1) is 0 Å². The van der Waals surface area contributed by atoms with Crippen LogP contribution in [0.15, 0.2) is 72.8 Å². The van der Waals surface area contributed by atoms with E-state index < -0.39 is 0 Å². The molecule has 1 aliphatic carbocycles. The summed E-state index contributed by atoms with van der Waals surface area (Å²) in [4.78, 5) is 0. The Bertz CT molecular complexity index is 654. The van der Waals surface area contributed by atoms with Gasteiger partial charge in [0.25, 0.3) is 0 Å². The van der Waals surface area contributed by atoms with Gasteiger partial charge in [-0.2, -0.15) is 0 Å². The molecule has 1 heterocycles. The Morgan fingerprint density at radius 2 is 0.526 bits per heavy atom. The van der Waals surface area contributed by atoms with Gasteiger partial charge in [0, 0.05) is 68.5 Å². The zero-order chi connectivity index (χ0) is 25.2. The van der Waals surface area contributed by atoms with Gasteiger partial charge in [0.2, 0.25) is 0 Å². The molecule has 0 amide bonds. The molecule has 2 aromatic rings. The van der Waals surface area contributed by atoms with Crippen molar-refractivity contribution in [1.82, 2.24) is 0 Å². The first-order valence-corrected chi connectivity index (χ1v) is 13.2. The Morgan fingerprint density at radius 1 is 0.342 bits per heavy atom. The van der Waals surface area contributed by atoms with Gasteiger partial charge in [0.1, 0.15) is 0 Å². The summed E-state index contributed by atoms with van der Waals surface area (Å²) in [5.74, 6) is 0. The van der Waals surface area contributed by atoms with E-state index in [0.717, 1.165) is 0 Å². The Hall–Kier alpha value is 0.0958. The molecule has 0 saturated carbocycles. The SMILES string of the molecule is C1=C\CC/C=C\CC/1.C1COCCOCCOCCOCCOCCO1.[Fe].[K].c1ccc2ccccc2c1. The monoisotopic (exact) mass is 595 g/mol. The van der Waals surface area contributed by atoms with Crippen LogP contribution >= 0.6 is 0 Å². The Kier molecular flexibility index (Phi) is 30.1. The predicted octanol–water partition coefficient (Wildman–Crippen LogP) is 5.23. The van der Waals surface area contributed by atoms with E-state index in [1.54, 1.807) is 0 Å². The molecule has 38 heavy (non-hydrogen) atoms. The van der Waals surface area contributed by atoms with Gasteiger partial charge in [-0.05, 0) is 36.5 Å². The number of rotatable bonds is 0. The third-order valence-corrected chi connectivity index (χ3v) is 5.22. The molecule has 1 aliphatic heterocycles. The molecule has 1 fully saturated rings. The van der Waals surface area contributed by atoms with Crippen molar-refractivity contribution in [2.45, 2.75) is 25.7 Å². The van der Waals surface area contributed by atoms with E-state index in [0.29, 0.717) is 79.3 Å². The average molecular weight is 596 g/mol. The molecule has 0 spiro atoms. The van der Waals surface area contributed by atoms with E-state index in [1.165, 1.54) is 36.5 Å². The molecular weight excluding hydrogens is 551 g/mol. The summed E-state index contributed by atoms with van der Waals surface area (Å²) in [6, 6.07) is 16.7. The van der Waals surface area contributed by atoms with Crippen LogP contribution in [-0.2, 0) is 45.5 Å². The third kappa shape index (κ3) is 22.9. The second-order valence-electron chi connectivity index (χ2n) is 8.12. The van der Waals surface area contributed by atoms with E-state index in [9.17, 15) is 0 Å². The molecule has 0 unspecified atom stereocenters. The fraction of sp³-hybridized carbons (Fsp3) is 0.533. The van der Waals surface area contributed by atoms with Crippen LogP contribution in [-0.4, -0.2) is 131 Å². The maximum absolute atomic E-state index is 5.33. The predicted molar refractivity (Wildman–Crippen MR) is 151 cm³/mol. The largest absolute Gasteiger partial charge is 0.377 e. The summed E-state index contributed by atoms with van der Waals surface area (Å²) in [5, 5.41) is 2.62. The minimum atomic E-state index is 0. The minimum absolute atomic E-state index is 0. The third-order valence-electron chi connectivity index (χ3n) is 5.22. The standard InChI is InChI=1S/C12H24O6.C10H8.C8H12.Fe.K/c1-2-14-5-6-16-9-10-18-12-11-17-8-7-15-4-3-13-1;1-2-6-10-8-4-3-7-9(10)5-1;1-2-4-6-8-7-5-3-1;;/h1-12H2;1-8H;1-2,7-8H,3-6H2;;/b;;2-1-,8-7-;;. The summed E-state index contributed by atoms with van der Waals surface area (Å²) in [6.07, 6.45) is 14.0. The van der Waals surface area contributed by atoms with Crippen LogP contribution in [0.4, 0.5) is 0 Å². The van der Waals surface area contributed by atoms with E-state index in [4.69, 9.17) is 28.4 Å². The Labute approximate surface area is 282 Å². The first-order valence-electron chi connectivity index (χ1n) is 13.2. The smallest absolute Gasteiger partial charge is 0.0701 e. The first kappa shape index (κ1) is 38.1. The van der Waals surface area contributed by atoms with Crippen molar-refractivity contribution in [2.24, 2.45) is 0 Å². The van der Waals surface area contributed by atoms with Crippen LogP contribution in [0.25, 0.3) is 10.8 Å². The second kappa shape index (κ2) is 30.1. The molecule has 8 heteroatoms. The van der Waals surface area contributed by atoms with Crippen molar-refractivity contribution < 1.29 is 45.5 Å². The zero-order valence-corrected chi connectivity index (χ0v) is 27.3. The van der Waals surface area contributed by atoms with Gasteiger partial charge in [0.05, 0.1) is 79.3 Å². The number of hydrogen-bond donors (Lipinski definition) is 0. The Balaban J connectivity index is 0.000000577. The number of hydrogen-bond acceptors (Lipinski definition) is 6. The van der Waals surface area contributed by atoms with E-state index >= 15 is 0 Å². The second-order valence-corrected chi connectivity index (χ2v) is 8.12. The van der Waals surface area contributed by atoms with Crippen molar-refractivity contribution in [3.63, 3.8) is 0 Å². The van der Waals surface area contributed by atoms with Crippen LogP contribution in [0.3, 0.4) is 0 Å². The van der Waals surface area contributed by atoms with Crippen molar-refractivity contribution in [3.8, 4) is 0 Å². The molecular formula is C30H44FeKO6. The molecule has 4 rings (SSSR count). The van der Waals surface area contributed by atoms with E-state index in [-0.39, 0.29) is 68.5 Å². The topological polar surface area (TPSA) is 55.4 Å². The molecule has 2 aromatic carbocycles. The van der Waals surface area contributed by atoms with Gasteiger partial charge >= 0.3 is 0 Å². The van der Waals surface area contributed by atoms with Crippen LogP contribution in [0.1, 0.15) is 25.7 Å². The quantitative estimate of drug-likeness (QED) is 0.307. The molecule has 6 nitrogen and oxygen atoms in total. The van der Waals surface area contributed by atoms with Gasteiger partial charge in [-0.25, -0.2) is 0 Å². The van der Waals surface area contributed by atoms with Crippen molar-refractivity contribution >= 4 is 62.2 Å². The molecule has 2 aliphatic rings. The van der Waals surface area contributed by atoms with Gasteiger partial charge in [-0.1, -0.05) is 72.8 Å². The molecule has 0 bridgehead atoms. The van der Waals surface area contributed by atoms with Crippen LogP contribution in [0.5, 0.6) is 0 Å². The minimum Gasteiger partial charge on any atom is -0.377 e. The number of allylic oxidation sites excluding steroid dienone is 4. The zero-order valence-electron chi connectivity index (χ0n) is 23.0. The normalized spacial score (nSPS) is 19.9. The number of fused-ring (bicyclic) bond motifs is 1. The van der Waals surface area contributed by atoms with Gasteiger partial charge in [-0.3, -0.25) is 0 Å². The first-order chi connectivity index (χ1) is 18.0. The summed E-state index contributed by atoms with van der Waals surface area (Å²) < 4.78 is 32.0. The summed E-state index contributed by atoms with van der Waals surface area (Å²) in [7, 11) is 0. The van der Waals surface area contributed by atoms with Gasteiger partial charge in [0.15, 0.2) is 0 Å². The van der Waals surface area contributed by atoms with E-state index in [1.807, 2.05) is 0 Å². The summed E-state index contributed by atoms with van der Waals surface area (Å²) in [6.45, 7) is 7.04. The van der Waals surface area contributed by atoms with E-state index in [2.05, 4.69) is 72.8 Å². The molecule has 1 radical (unpaired) electrons. The summed E-state index contributed by atoms with van der Waals surface area (Å²) in [5.41, 5.74) is 0. The maximum Gasteiger partial charge on any atom is 0.0701 e. The van der Waals surface area contributed by atoms with Gasteiger partial charge < -0.3 is 28.4 Å². The fourth-order valence-electron chi connectivity index (χ4n) is 3.31. The molecule has 0 aromatic heterocycles.